The molecule has 0 radical (unpaired) electrons. The van der Waals surface area contributed by atoms with Crippen molar-refractivity contribution in [1.29, 1.82) is 0 Å². The van der Waals surface area contributed by atoms with Crippen LogP contribution in [0.3, 0.4) is 0 Å². The van der Waals surface area contributed by atoms with E-state index in [-0.39, 0.29) is 36.5 Å². The Labute approximate surface area is 244 Å². The van der Waals surface area contributed by atoms with Crippen LogP contribution in [0.25, 0.3) is 0 Å². The van der Waals surface area contributed by atoms with Gasteiger partial charge in [0, 0.05) is 44.5 Å². The molecular weight excluding hydrogens is 518 g/mol. The molecule has 2 aliphatic heterocycles. The van der Waals surface area contributed by atoms with Crippen molar-refractivity contribution in [3.63, 3.8) is 0 Å². The molecule has 2 aliphatic rings. The van der Waals surface area contributed by atoms with Gasteiger partial charge in [0.1, 0.15) is 0 Å². The Morgan fingerprint density at radius 1 is 0.878 bits per heavy atom. The van der Waals surface area contributed by atoms with Crippen LogP contribution in [0.15, 0.2) is 48.5 Å². The summed E-state index contributed by atoms with van der Waals surface area (Å²) in [5.41, 5.74) is 3.98. The minimum atomic E-state index is -0.482. The number of benzene rings is 2. The fraction of sp³-hybridized carbons (Fsp3) is 0.576. The first kappa shape index (κ1) is 31.2. The number of likely N-dealkylation sites (tertiary alicyclic amines) is 1. The molecule has 8 heteroatoms. The molecule has 0 aromatic heterocycles. The highest BCUT2D eigenvalue weighted by molar-refractivity contribution is 5.75. The summed E-state index contributed by atoms with van der Waals surface area (Å²) in [6, 6.07) is 16.2. The van der Waals surface area contributed by atoms with Gasteiger partial charge in [-0.2, -0.15) is 0 Å². The van der Waals surface area contributed by atoms with E-state index in [9.17, 15) is 14.7 Å². The van der Waals surface area contributed by atoms with Gasteiger partial charge in [0.2, 0.25) is 11.8 Å². The first-order chi connectivity index (χ1) is 19.9. The van der Waals surface area contributed by atoms with Crippen molar-refractivity contribution >= 4 is 11.8 Å². The molecule has 0 aliphatic carbocycles. The molecule has 4 unspecified atom stereocenters. The highest BCUT2D eigenvalue weighted by atomic mass is 16.7. The highest BCUT2D eigenvalue weighted by Gasteiger charge is 2.39. The lowest BCUT2D eigenvalue weighted by molar-refractivity contribution is -0.276. The molecule has 0 spiro atoms. The van der Waals surface area contributed by atoms with Crippen LogP contribution in [0.2, 0.25) is 0 Å². The number of hydrogen-bond donors (Lipinski definition) is 3. The zero-order valence-electron chi connectivity index (χ0n) is 24.6. The lowest BCUT2D eigenvalue weighted by atomic mass is 9.89. The van der Waals surface area contributed by atoms with E-state index in [1.807, 2.05) is 36.4 Å². The molecule has 41 heavy (non-hydrogen) atoms. The van der Waals surface area contributed by atoms with E-state index >= 15 is 0 Å². The summed E-state index contributed by atoms with van der Waals surface area (Å²) in [6.45, 7) is 8.01. The first-order valence-electron chi connectivity index (χ1n) is 15.3. The third-order valence-corrected chi connectivity index (χ3v) is 8.21. The van der Waals surface area contributed by atoms with Gasteiger partial charge in [0.05, 0.1) is 18.8 Å². The van der Waals surface area contributed by atoms with Crippen LogP contribution >= 0.6 is 0 Å². The van der Waals surface area contributed by atoms with Crippen LogP contribution in [-0.2, 0) is 32.2 Å². The molecule has 2 saturated heterocycles. The predicted molar refractivity (Wildman–Crippen MR) is 159 cm³/mol. The highest BCUT2D eigenvalue weighted by Crippen LogP contribution is 2.42. The van der Waals surface area contributed by atoms with Crippen LogP contribution in [-0.4, -0.2) is 54.1 Å². The van der Waals surface area contributed by atoms with E-state index < -0.39 is 6.29 Å². The molecule has 2 heterocycles. The Balaban J connectivity index is 1.34. The molecule has 2 aromatic carbocycles. The molecule has 2 amide bonds. The molecule has 4 rings (SSSR count). The smallest absolute Gasteiger partial charge is 0.220 e. The molecule has 2 aromatic rings. The molecule has 0 saturated carbocycles. The zero-order chi connectivity index (χ0) is 29.0. The Morgan fingerprint density at radius 3 is 2.24 bits per heavy atom. The summed E-state index contributed by atoms with van der Waals surface area (Å²) in [5.74, 6) is 0.195. The SMILES string of the molecule is CC(=O)NCCCCCC(=O)NCc1ccc(C2OC(CN3CCCCC3)C(C)C(c3ccc(CO)cc3)O2)cc1. The van der Waals surface area contributed by atoms with Crippen LogP contribution in [0.1, 0.15) is 93.4 Å². The van der Waals surface area contributed by atoms with Crippen molar-refractivity contribution in [1.82, 2.24) is 15.5 Å². The van der Waals surface area contributed by atoms with E-state index in [0.29, 0.717) is 19.5 Å². The molecule has 8 nitrogen and oxygen atoms in total. The van der Waals surface area contributed by atoms with Crippen LogP contribution < -0.4 is 10.6 Å². The maximum atomic E-state index is 12.3. The number of ether oxygens (including phenoxy) is 2. The van der Waals surface area contributed by atoms with Gasteiger partial charge in [0.15, 0.2) is 6.29 Å². The second-order valence-corrected chi connectivity index (χ2v) is 11.5. The quantitative estimate of drug-likeness (QED) is 0.303. The van der Waals surface area contributed by atoms with Crippen molar-refractivity contribution in [3.8, 4) is 0 Å². The fourth-order valence-electron chi connectivity index (χ4n) is 5.66. The van der Waals surface area contributed by atoms with Gasteiger partial charge in [-0.1, -0.05) is 68.3 Å². The van der Waals surface area contributed by atoms with Gasteiger partial charge in [-0.05, 0) is 55.5 Å². The van der Waals surface area contributed by atoms with Gasteiger partial charge in [-0.15, -0.1) is 0 Å². The monoisotopic (exact) mass is 565 g/mol. The third kappa shape index (κ3) is 9.64. The lowest BCUT2D eigenvalue weighted by Crippen LogP contribution is -2.45. The van der Waals surface area contributed by atoms with E-state index in [0.717, 1.165) is 61.2 Å². The average molecular weight is 566 g/mol. The summed E-state index contributed by atoms with van der Waals surface area (Å²) in [6.07, 6.45) is 6.30. The number of aliphatic hydroxyl groups excluding tert-OH is 1. The number of unbranched alkanes of at least 4 members (excludes halogenated alkanes) is 2. The summed E-state index contributed by atoms with van der Waals surface area (Å²) >= 11 is 0. The minimum absolute atomic E-state index is 0.0180. The summed E-state index contributed by atoms with van der Waals surface area (Å²) in [5, 5.41) is 15.3. The second kappa shape index (κ2) is 16.0. The lowest BCUT2D eigenvalue weighted by Gasteiger charge is -2.43. The number of carbonyl (C=O) groups excluding carboxylic acids is 2. The first-order valence-corrected chi connectivity index (χ1v) is 15.3. The van der Waals surface area contributed by atoms with E-state index in [2.05, 4.69) is 34.6 Å². The van der Waals surface area contributed by atoms with Gasteiger partial charge in [-0.3, -0.25) is 9.59 Å². The summed E-state index contributed by atoms with van der Waals surface area (Å²) < 4.78 is 13.2. The third-order valence-electron chi connectivity index (χ3n) is 8.21. The van der Waals surface area contributed by atoms with Crippen LogP contribution in [0, 0.1) is 5.92 Å². The largest absolute Gasteiger partial charge is 0.392 e. The van der Waals surface area contributed by atoms with Crippen molar-refractivity contribution < 1.29 is 24.2 Å². The summed E-state index contributed by atoms with van der Waals surface area (Å²) in [7, 11) is 0. The number of rotatable bonds is 13. The topological polar surface area (TPSA) is 100 Å². The Hall–Kier alpha value is -2.78. The molecule has 4 atom stereocenters. The van der Waals surface area contributed by atoms with Gasteiger partial charge in [0.25, 0.3) is 0 Å². The molecule has 2 fully saturated rings. The maximum absolute atomic E-state index is 12.3. The fourth-order valence-corrected chi connectivity index (χ4v) is 5.66. The van der Waals surface area contributed by atoms with E-state index in [1.54, 1.807) is 0 Å². The molecule has 224 valence electrons. The van der Waals surface area contributed by atoms with Crippen molar-refractivity contribution in [3.05, 3.63) is 70.8 Å². The number of aliphatic hydroxyl groups is 1. The number of nitrogens with zero attached hydrogens (tertiary/aromatic N) is 1. The Morgan fingerprint density at radius 2 is 1.56 bits per heavy atom. The number of piperidine rings is 1. The normalized spacial score (nSPS) is 23.2. The Bertz CT molecular complexity index is 1090. The number of nitrogens with one attached hydrogen (secondary N) is 2. The van der Waals surface area contributed by atoms with E-state index in [1.165, 1.54) is 26.2 Å². The molecular formula is C33H47N3O5. The minimum Gasteiger partial charge on any atom is -0.392 e. The Kier molecular flexibility index (Phi) is 12.2. The second-order valence-electron chi connectivity index (χ2n) is 11.5. The molecule has 3 N–H and O–H groups in total. The predicted octanol–water partition coefficient (Wildman–Crippen LogP) is 4.77. The zero-order valence-corrected chi connectivity index (χ0v) is 24.6. The number of amides is 2. The standard InChI is InChI=1S/C33H47N3O5/c1-24-30(22-36-19-7-4-8-20-36)40-33(41-32(24)28-14-12-27(23-37)13-15-28)29-16-10-26(11-17-29)21-35-31(39)9-5-3-6-18-34-25(2)38/h10-17,24,30,32-33,37H,3-9,18-23H2,1-2H3,(H,34,38)(H,35,39). The van der Waals surface area contributed by atoms with Crippen LogP contribution in [0.4, 0.5) is 0 Å². The van der Waals surface area contributed by atoms with Gasteiger partial charge >= 0.3 is 0 Å². The summed E-state index contributed by atoms with van der Waals surface area (Å²) in [4.78, 5) is 25.7. The van der Waals surface area contributed by atoms with Crippen molar-refractivity contribution in [2.24, 2.45) is 5.92 Å². The number of hydrogen-bond acceptors (Lipinski definition) is 6. The maximum Gasteiger partial charge on any atom is 0.220 e. The van der Waals surface area contributed by atoms with E-state index in [4.69, 9.17) is 9.47 Å². The number of carbonyl (C=O) groups is 2. The van der Waals surface area contributed by atoms with Crippen molar-refractivity contribution in [2.45, 2.75) is 90.4 Å². The average Bonchev–Trinajstić information content (AvgIpc) is 2.99. The van der Waals surface area contributed by atoms with Gasteiger partial charge in [-0.25, -0.2) is 0 Å². The van der Waals surface area contributed by atoms with Gasteiger partial charge < -0.3 is 30.1 Å². The van der Waals surface area contributed by atoms with Crippen molar-refractivity contribution in [2.75, 3.05) is 26.2 Å². The molecule has 0 bridgehead atoms. The van der Waals surface area contributed by atoms with Crippen LogP contribution in [0.5, 0.6) is 0 Å².